The Balaban J connectivity index is 1.92. The van der Waals surface area contributed by atoms with Crippen molar-refractivity contribution in [3.05, 3.63) is 29.5 Å². The molecule has 10 heteroatoms. The lowest BCUT2D eigenvalue weighted by Gasteiger charge is -2.05. The minimum atomic E-state index is -0.289. The Morgan fingerprint density at radius 2 is 2.21 bits per heavy atom. The van der Waals surface area contributed by atoms with Gasteiger partial charge in [-0.05, 0) is 18.2 Å². The van der Waals surface area contributed by atoms with Gasteiger partial charge in [0, 0.05) is 11.8 Å². The van der Waals surface area contributed by atoms with E-state index < -0.39 is 0 Å². The van der Waals surface area contributed by atoms with Gasteiger partial charge < -0.3 is 15.1 Å². The maximum atomic E-state index is 11.5. The molecule has 3 rings (SSSR count). The molecule has 0 saturated heterocycles. The summed E-state index contributed by atoms with van der Waals surface area (Å²) in [6.07, 6.45) is 1.65. The molecule has 0 bridgehead atoms. The highest BCUT2D eigenvalue weighted by Crippen LogP contribution is 2.30. The van der Waals surface area contributed by atoms with Gasteiger partial charge in [0.1, 0.15) is 10.3 Å². The van der Waals surface area contributed by atoms with Crippen LogP contribution in [0.25, 0.3) is 21.6 Å². The predicted molar refractivity (Wildman–Crippen MR) is 98.6 cm³/mol. The van der Waals surface area contributed by atoms with Crippen molar-refractivity contribution in [3.63, 3.8) is 0 Å². The van der Waals surface area contributed by atoms with Crippen LogP contribution in [-0.4, -0.2) is 32.6 Å². The van der Waals surface area contributed by atoms with E-state index in [9.17, 15) is 4.79 Å². The first-order valence-corrected chi connectivity index (χ1v) is 8.49. The van der Waals surface area contributed by atoms with Gasteiger partial charge in [-0.2, -0.15) is 0 Å². The fourth-order valence-corrected chi connectivity index (χ4v) is 3.22. The van der Waals surface area contributed by atoms with Crippen molar-refractivity contribution in [1.29, 1.82) is 0 Å². The molecule has 0 aromatic carbocycles. The molecule has 0 fully saturated rings. The van der Waals surface area contributed by atoms with Crippen LogP contribution in [0.2, 0.25) is 5.15 Å². The number of fused-ring (bicyclic) bond motifs is 1. The van der Waals surface area contributed by atoms with Crippen molar-refractivity contribution in [3.8, 4) is 11.3 Å². The van der Waals surface area contributed by atoms with Crippen molar-refractivity contribution in [2.45, 2.75) is 6.42 Å². The average Bonchev–Trinajstić information content (AvgIpc) is 2.96. The quantitative estimate of drug-likeness (QED) is 0.400. The zero-order valence-corrected chi connectivity index (χ0v) is 14.6. The second kappa shape index (κ2) is 7.31. The minimum Gasteiger partial charge on any atom is -0.396 e. The monoisotopic (exact) mass is 381 g/mol. The molecule has 24 heavy (non-hydrogen) atoms. The number of carbonyl (C=O) groups is 1. The summed E-state index contributed by atoms with van der Waals surface area (Å²) >= 11 is 11.2. The molecule has 0 saturated carbocycles. The first kappa shape index (κ1) is 16.9. The molecule has 0 aliphatic heterocycles. The summed E-state index contributed by atoms with van der Waals surface area (Å²) in [6.45, 7) is -0.204. The van der Waals surface area contributed by atoms with Gasteiger partial charge in [0.2, 0.25) is 5.91 Å². The first-order valence-electron chi connectivity index (χ1n) is 6.85. The van der Waals surface area contributed by atoms with Crippen LogP contribution in [0.1, 0.15) is 6.42 Å². The van der Waals surface area contributed by atoms with Crippen molar-refractivity contribution in [2.24, 2.45) is 0 Å². The van der Waals surface area contributed by atoms with E-state index in [0.29, 0.717) is 32.0 Å². The Hall–Kier alpha value is -1.94. The third kappa shape index (κ3) is 3.59. The van der Waals surface area contributed by atoms with E-state index in [2.05, 4.69) is 37.8 Å². The zero-order chi connectivity index (χ0) is 17.1. The van der Waals surface area contributed by atoms with Gasteiger partial charge in [0.15, 0.2) is 10.3 Å². The SMILES string of the molecule is O=C(CCO)Nc1nc2ccc(-c3cnc(Cl)c(NS)c3)nc2s1. The van der Waals surface area contributed by atoms with Crippen LogP contribution in [0.3, 0.4) is 0 Å². The number of aromatic nitrogens is 3. The van der Waals surface area contributed by atoms with E-state index >= 15 is 0 Å². The van der Waals surface area contributed by atoms with Gasteiger partial charge in [-0.15, -0.1) is 0 Å². The van der Waals surface area contributed by atoms with Gasteiger partial charge >= 0.3 is 0 Å². The summed E-state index contributed by atoms with van der Waals surface area (Å²) in [6, 6.07) is 5.42. The Kier molecular flexibility index (Phi) is 5.14. The highest BCUT2D eigenvalue weighted by molar-refractivity contribution is 7.81. The van der Waals surface area contributed by atoms with E-state index in [4.69, 9.17) is 16.7 Å². The third-order valence-electron chi connectivity index (χ3n) is 3.10. The Morgan fingerprint density at radius 3 is 2.96 bits per heavy atom. The summed E-state index contributed by atoms with van der Waals surface area (Å²) in [4.78, 5) is 25.1. The van der Waals surface area contributed by atoms with Gasteiger partial charge in [-0.25, -0.2) is 15.0 Å². The molecular formula is C14H12ClN5O2S2. The fourth-order valence-electron chi connectivity index (χ4n) is 1.98. The molecule has 0 spiro atoms. The number of rotatable bonds is 5. The summed E-state index contributed by atoms with van der Waals surface area (Å²) in [5, 5.41) is 12.2. The standard InChI is InChI=1S/C14H12ClN5O2S2/c15-12-10(20-23)5-7(6-16-12)8-1-2-9-13(17-8)24-14(18-9)19-11(22)3-4-21/h1-2,5-6,20-21,23H,3-4H2,(H,18,19,22). The Bertz CT molecular complexity index is 902. The van der Waals surface area contributed by atoms with Crippen molar-refractivity contribution < 1.29 is 9.90 Å². The summed E-state index contributed by atoms with van der Waals surface area (Å²) in [7, 11) is 0. The fraction of sp³-hybridized carbons (Fsp3) is 0.143. The third-order valence-corrected chi connectivity index (χ3v) is 4.52. The molecule has 3 heterocycles. The molecule has 3 aromatic heterocycles. The lowest BCUT2D eigenvalue weighted by Crippen LogP contribution is -2.12. The second-order valence-corrected chi connectivity index (χ2v) is 6.29. The maximum Gasteiger partial charge on any atom is 0.228 e. The van der Waals surface area contributed by atoms with E-state index in [0.717, 1.165) is 5.56 Å². The molecular weight excluding hydrogens is 370 g/mol. The zero-order valence-electron chi connectivity index (χ0n) is 12.2. The number of thiazole rings is 1. The van der Waals surface area contributed by atoms with Crippen LogP contribution in [-0.2, 0) is 4.79 Å². The molecule has 0 aliphatic rings. The smallest absolute Gasteiger partial charge is 0.228 e. The molecule has 0 aliphatic carbocycles. The lowest BCUT2D eigenvalue weighted by molar-refractivity contribution is -0.116. The van der Waals surface area contributed by atoms with Crippen LogP contribution in [0.5, 0.6) is 0 Å². The van der Waals surface area contributed by atoms with Crippen LogP contribution < -0.4 is 10.0 Å². The van der Waals surface area contributed by atoms with Gasteiger partial charge in [0.25, 0.3) is 0 Å². The van der Waals surface area contributed by atoms with E-state index in [1.165, 1.54) is 11.3 Å². The van der Waals surface area contributed by atoms with Crippen molar-refractivity contribution in [1.82, 2.24) is 15.0 Å². The van der Waals surface area contributed by atoms with Crippen molar-refractivity contribution >= 4 is 62.8 Å². The molecule has 0 atom stereocenters. The number of aliphatic hydroxyl groups is 1. The summed E-state index contributed by atoms with van der Waals surface area (Å²) in [5.74, 6) is -0.289. The molecule has 1 amide bonds. The summed E-state index contributed by atoms with van der Waals surface area (Å²) in [5.41, 5.74) is 2.74. The number of aliphatic hydroxyl groups excluding tert-OH is 1. The number of amides is 1. The Morgan fingerprint density at radius 1 is 1.38 bits per heavy atom. The van der Waals surface area contributed by atoms with Crippen LogP contribution >= 0.6 is 35.8 Å². The molecule has 7 nitrogen and oxygen atoms in total. The number of thiol groups is 1. The topological polar surface area (TPSA) is 100 Å². The normalized spacial score (nSPS) is 10.8. The van der Waals surface area contributed by atoms with Crippen LogP contribution in [0.15, 0.2) is 24.4 Å². The second-order valence-electron chi connectivity index (χ2n) is 4.74. The van der Waals surface area contributed by atoms with Gasteiger partial charge in [-0.3, -0.25) is 4.79 Å². The van der Waals surface area contributed by atoms with E-state index in [1.54, 1.807) is 12.3 Å². The first-order chi connectivity index (χ1) is 11.6. The lowest BCUT2D eigenvalue weighted by atomic mass is 10.2. The highest BCUT2D eigenvalue weighted by atomic mass is 35.5. The predicted octanol–water partition coefficient (Wildman–Crippen LogP) is 2.98. The Labute approximate surface area is 151 Å². The maximum absolute atomic E-state index is 11.5. The van der Waals surface area contributed by atoms with Crippen LogP contribution in [0.4, 0.5) is 10.8 Å². The number of hydrogen-bond donors (Lipinski definition) is 4. The van der Waals surface area contributed by atoms with Crippen LogP contribution in [0, 0.1) is 0 Å². The number of hydrogen-bond acceptors (Lipinski definition) is 8. The van der Waals surface area contributed by atoms with Gasteiger partial charge in [-0.1, -0.05) is 35.8 Å². The van der Waals surface area contributed by atoms with E-state index in [-0.39, 0.29) is 18.9 Å². The summed E-state index contributed by atoms with van der Waals surface area (Å²) < 4.78 is 2.67. The van der Waals surface area contributed by atoms with E-state index in [1.807, 2.05) is 12.1 Å². The number of nitrogens with one attached hydrogen (secondary N) is 2. The molecule has 3 aromatic rings. The number of halogens is 1. The molecule has 3 N–H and O–H groups in total. The number of anilines is 2. The minimum absolute atomic E-state index is 0.0323. The number of nitrogens with zero attached hydrogens (tertiary/aromatic N) is 3. The average molecular weight is 382 g/mol. The van der Waals surface area contributed by atoms with Crippen molar-refractivity contribution in [2.75, 3.05) is 16.6 Å². The molecule has 124 valence electrons. The largest absolute Gasteiger partial charge is 0.396 e. The van der Waals surface area contributed by atoms with Gasteiger partial charge in [0.05, 0.1) is 24.4 Å². The molecule has 0 unspecified atom stereocenters. The number of pyridine rings is 2. The highest BCUT2D eigenvalue weighted by Gasteiger charge is 2.11. The molecule has 0 radical (unpaired) electrons. The number of carbonyl (C=O) groups excluding carboxylic acids is 1.